The molecule has 7 heteroatoms. The van der Waals surface area contributed by atoms with Crippen molar-refractivity contribution in [2.75, 3.05) is 13.7 Å². The van der Waals surface area contributed by atoms with E-state index in [4.69, 9.17) is 9.47 Å². The summed E-state index contributed by atoms with van der Waals surface area (Å²) in [6.07, 6.45) is 0. The third-order valence-corrected chi connectivity index (χ3v) is 7.05. The molecule has 0 N–H and O–H groups in total. The van der Waals surface area contributed by atoms with Crippen LogP contribution in [0.4, 0.5) is 0 Å². The van der Waals surface area contributed by atoms with Crippen molar-refractivity contribution in [1.82, 2.24) is 0 Å². The Morgan fingerprint density at radius 3 is 2.30 bits per heavy atom. The molecular formula is C20H19NO5S. The molecule has 1 aliphatic carbocycles. The number of nitrogens with zero attached hydrogens (tertiary/aromatic N) is 1. The zero-order valence-electron chi connectivity index (χ0n) is 15.0. The Morgan fingerprint density at radius 2 is 1.78 bits per heavy atom. The monoisotopic (exact) mass is 385 g/mol. The number of carbonyl (C=O) groups excluding carboxylic acids is 1. The second kappa shape index (κ2) is 7.05. The van der Waals surface area contributed by atoms with E-state index in [1.807, 2.05) is 6.07 Å². The second-order valence-electron chi connectivity index (χ2n) is 6.23. The Labute approximate surface area is 158 Å². The molecule has 1 fully saturated rings. The van der Waals surface area contributed by atoms with Crippen LogP contribution in [0.2, 0.25) is 0 Å². The molecule has 0 bridgehead atoms. The van der Waals surface area contributed by atoms with Crippen molar-refractivity contribution in [2.24, 2.45) is 5.41 Å². The largest absolute Gasteiger partial charge is 0.497 e. The third kappa shape index (κ3) is 2.96. The van der Waals surface area contributed by atoms with Crippen LogP contribution in [0.25, 0.3) is 0 Å². The van der Waals surface area contributed by atoms with Gasteiger partial charge in [0, 0.05) is 5.92 Å². The maximum Gasteiger partial charge on any atom is 0.328 e. The van der Waals surface area contributed by atoms with Crippen LogP contribution in [0.5, 0.6) is 5.75 Å². The van der Waals surface area contributed by atoms with E-state index in [-0.39, 0.29) is 11.5 Å². The molecule has 1 aliphatic rings. The van der Waals surface area contributed by atoms with Crippen LogP contribution in [0.15, 0.2) is 59.5 Å². The van der Waals surface area contributed by atoms with Gasteiger partial charge in [0.2, 0.25) is 0 Å². The van der Waals surface area contributed by atoms with Gasteiger partial charge in [-0.1, -0.05) is 30.3 Å². The number of hydrogen-bond donors (Lipinski definition) is 0. The quantitative estimate of drug-likeness (QED) is 0.710. The van der Waals surface area contributed by atoms with Gasteiger partial charge in [0.25, 0.3) is 0 Å². The predicted molar refractivity (Wildman–Crippen MR) is 97.8 cm³/mol. The van der Waals surface area contributed by atoms with Crippen molar-refractivity contribution in [2.45, 2.75) is 23.0 Å². The molecule has 0 heterocycles. The summed E-state index contributed by atoms with van der Waals surface area (Å²) in [5, 5.41) is 8.62. The summed E-state index contributed by atoms with van der Waals surface area (Å²) in [5.74, 6) is -1.02. The Hall–Kier alpha value is -2.85. The number of esters is 1. The average molecular weight is 385 g/mol. The molecule has 3 atom stereocenters. The van der Waals surface area contributed by atoms with Crippen molar-refractivity contribution in [3.05, 3.63) is 60.2 Å². The summed E-state index contributed by atoms with van der Waals surface area (Å²) < 4.78 is 36.6. The smallest absolute Gasteiger partial charge is 0.328 e. The summed E-state index contributed by atoms with van der Waals surface area (Å²) in [6.45, 7) is 1.68. The molecule has 0 spiro atoms. The van der Waals surface area contributed by atoms with Gasteiger partial charge in [-0.15, -0.1) is 0 Å². The van der Waals surface area contributed by atoms with Gasteiger partial charge < -0.3 is 9.47 Å². The van der Waals surface area contributed by atoms with Crippen LogP contribution < -0.4 is 4.74 Å². The van der Waals surface area contributed by atoms with Crippen molar-refractivity contribution in [1.29, 1.82) is 5.26 Å². The fraction of sp³-hybridized carbons (Fsp3) is 0.300. The lowest BCUT2D eigenvalue weighted by Gasteiger charge is -2.09. The molecule has 6 nitrogen and oxygen atoms in total. The van der Waals surface area contributed by atoms with Crippen LogP contribution in [-0.2, 0) is 19.4 Å². The molecule has 0 amide bonds. The van der Waals surface area contributed by atoms with Gasteiger partial charge in [-0.2, -0.15) is 5.26 Å². The third-order valence-electron chi connectivity index (χ3n) is 4.81. The highest BCUT2D eigenvalue weighted by Gasteiger charge is 2.77. The van der Waals surface area contributed by atoms with E-state index in [1.54, 1.807) is 49.4 Å². The maximum absolute atomic E-state index is 13.2. The SMILES string of the molecule is CCOC(=O)[C@@]1(C#N)[C@H](c2ccc(OC)cc2)[C@@H]1S(=O)(=O)c1ccccc1. The Balaban J connectivity index is 2.11. The number of sulfone groups is 1. The molecule has 140 valence electrons. The highest BCUT2D eigenvalue weighted by molar-refractivity contribution is 7.92. The summed E-state index contributed by atoms with van der Waals surface area (Å²) in [6, 6.07) is 16.5. The molecule has 1 saturated carbocycles. The zero-order valence-corrected chi connectivity index (χ0v) is 15.8. The van der Waals surface area contributed by atoms with Crippen molar-refractivity contribution < 1.29 is 22.7 Å². The molecule has 0 radical (unpaired) electrons. The number of methoxy groups -OCH3 is 1. The van der Waals surface area contributed by atoms with Crippen LogP contribution in [0, 0.1) is 16.7 Å². The number of nitriles is 1. The fourth-order valence-corrected chi connectivity index (χ4v) is 5.72. The van der Waals surface area contributed by atoms with E-state index < -0.39 is 32.4 Å². The first kappa shape index (κ1) is 18.9. The first-order chi connectivity index (χ1) is 12.9. The number of carbonyl (C=O) groups is 1. The molecule has 2 aromatic rings. The second-order valence-corrected chi connectivity index (χ2v) is 8.30. The van der Waals surface area contributed by atoms with Gasteiger partial charge in [-0.25, -0.2) is 8.42 Å². The van der Waals surface area contributed by atoms with E-state index in [0.717, 1.165) is 0 Å². The summed E-state index contributed by atoms with van der Waals surface area (Å²) in [5.41, 5.74) is -1.19. The minimum absolute atomic E-state index is 0.0652. The minimum atomic E-state index is -3.92. The number of benzene rings is 2. The van der Waals surface area contributed by atoms with Crippen molar-refractivity contribution in [3.8, 4) is 11.8 Å². The Morgan fingerprint density at radius 1 is 1.15 bits per heavy atom. The molecular weight excluding hydrogens is 366 g/mol. The van der Waals surface area contributed by atoms with Gasteiger partial charge in [0.1, 0.15) is 11.0 Å². The highest BCUT2D eigenvalue weighted by Crippen LogP contribution is 2.64. The lowest BCUT2D eigenvalue weighted by Crippen LogP contribution is -2.25. The number of rotatable bonds is 6. The normalized spacial score (nSPS) is 23.9. The van der Waals surface area contributed by atoms with Crippen LogP contribution in [0.1, 0.15) is 18.4 Å². The van der Waals surface area contributed by atoms with Gasteiger partial charge in [-0.05, 0) is 36.8 Å². The van der Waals surface area contributed by atoms with E-state index in [2.05, 4.69) is 0 Å². The number of hydrogen-bond acceptors (Lipinski definition) is 6. The highest BCUT2D eigenvalue weighted by atomic mass is 32.2. The molecule has 0 aromatic heterocycles. The lowest BCUT2D eigenvalue weighted by atomic mass is 10.0. The van der Waals surface area contributed by atoms with E-state index in [0.29, 0.717) is 11.3 Å². The Kier molecular flexibility index (Phi) is 4.94. The van der Waals surface area contributed by atoms with Crippen molar-refractivity contribution in [3.63, 3.8) is 0 Å². The van der Waals surface area contributed by atoms with Gasteiger partial charge in [0.05, 0.1) is 24.7 Å². The molecule has 0 aliphatic heterocycles. The molecule has 0 saturated heterocycles. The first-order valence-corrected chi connectivity index (χ1v) is 9.99. The zero-order chi connectivity index (χ0) is 19.7. The van der Waals surface area contributed by atoms with Crippen molar-refractivity contribution >= 4 is 15.8 Å². The molecule has 27 heavy (non-hydrogen) atoms. The van der Waals surface area contributed by atoms with Crippen LogP contribution in [0.3, 0.4) is 0 Å². The minimum Gasteiger partial charge on any atom is -0.497 e. The predicted octanol–water partition coefficient (Wildman–Crippen LogP) is 2.71. The van der Waals surface area contributed by atoms with E-state index >= 15 is 0 Å². The molecule has 0 unspecified atom stereocenters. The van der Waals surface area contributed by atoms with Crippen LogP contribution >= 0.6 is 0 Å². The maximum atomic E-state index is 13.2. The lowest BCUT2D eigenvalue weighted by molar-refractivity contribution is -0.147. The summed E-state index contributed by atoms with van der Waals surface area (Å²) in [4.78, 5) is 12.7. The first-order valence-electron chi connectivity index (χ1n) is 8.44. The fourth-order valence-electron chi connectivity index (χ4n) is 3.46. The van der Waals surface area contributed by atoms with Crippen LogP contribution in [-0.4, -0.2) is 33.4 Å². The average Bonchev–Trinajstić information content (AvgIpc) is 3.40. The van der Waals surface area contributed by atoms with Gasteiger partial charge >= 0.3 is 5.97 Å². The van der Waals surface area contributed by atoms with Gasteiger partial charge in [0.15, 0.2) is 15.3 Å². The summed E-state index contributed by atoms with van der Waals surface area (Å²) in [7, 11) is -2.40. The standard InChI is InChI=1S/C20H19NO5S/c1-3-26-19(22)20(13-21)17(14-9-11-15(25-2)12-10-14)18(20)27(23,24)16-7-5-4-6-8-16/h4-12,17-18H,3H2,1-2H3/t17-,18+,20+/m1/s1. The Bertz CT molecular complexity index is 979. The van der Waals surface area contributed by atoms with E-state index in [9.17, 15) is 18.5 Å². The topological polar surface area (TPSA) is 93.5 Å². The van der Waals surface area contributed by atoms with Gasteiger partial charge in [-0.3, -0.25) is 4.79 Å². The summed E-state index contributed by atoms with van der Waals surface area (Å²) >= 11 is 0. The van der Waals surface area contributed by atoms with E-state index in [1.165, 1.54) is 19.2 Å². The molecule has 2 aromatic carbocycles. The number of ether oxygens (including phenoxy) is 2. The molecule has 3 rings (SSSR count).